The van der Waals surface area contributed by atoms with Crippen molar-refractivity contribution in [1.29, 1.82) is 5.41 Å². The van der Waals surface area contributed by atoms with Crippen molar-refractivity contribution in [3.05, 3.63) is 120 Å². The molecule has 2 atom stereocenters. The Hall–Kier alpha value is -5.46. The first-order valence-corrected chi connectivity index (χ1v) is 13.9. The fraction of sp³-hybridized carbons (Fsp3) is 0.212. The summed E-state index contributed by atoms with van der Waals surface area (Å²) in [6, 6.07) is 20.8. The van der Waals surface area contributed by atoms with Crippen molar-refractivity contribution in [3.63, 3.8) is 0 Å². The fourth-order valence-corrected chi connectivity index (χ4v) is 4.99. The first-order valence-electron chi connectivity index (χ1n) is 13.9. The van der Waals surface area contributed by atoms with Crippen molar-refractivity contribution in [1.82, 2.24) is 9.47 Å². The van der Waals surface area contributed by atoms with Gasteiger partial charge in [-0.15, -0.1) is 0 Å². The number of aromatic nitrogens is 1. The number of esters is 1. The van der Waals surface area contributed by atoms with Gasteiger partial charge in [-0.2, -0.15) is 13.2 Å². The summed E-state index contributed by atoms with van der Waals surface area (Å²) < 4.78 is 66.7. The lowest BCUT2D eigenvalue weighted by Crippen LogP contribution is -2.45. The van der Waals surface area contributed by atoms with E-state index in [1.165, 1.54) is 18.2 Å². The van der Waals surface area contributed by atoms with Crippen LogP contribution < -0.4 is 5.73 Å². The molecule has 0 bridgehead atoms. The Kier molecular flexibility index (Phi) is 10.2. The number of hydrogen-bond donors (Lipinski definition) is 2. The molecule has 0 fully saturated rings. The molecule has 0 radical (unpaired) electrons. The molecule has 240 valence electrons. The number of Topliss-reactive ketones (excluding diaryl/α,β-unsaturated/α-hetero) is 1. The van der Waals surface area contributed by atoms with E-state index in [0.717, 1.165) is 18.1 Å². The minimum Gasteiger partial charge on any atom is -0.483 e. The van der Waals surface area contributed by atoms with Gasteiger partial charge in [0.05, 0.1) is 12.1 Å². The van der Waals surface area contributed by atoms with E-state index >= 15 is 0 Å². The maximum absolute atomic E-state index is 14.1. The molecule has 0 aliphatic rings. The normalized spacial score (nSPS) is 13.1. The number of nitrogens with one attached hydrogen (secondary N) is 1. The van der Waals surface area contributed by atoms with Gasteiger partial charge in [0, 0.05) is 37.8 Å². The Morgan fingerprint density at radius 1 is 1.02 bits per heavy atom. The summed E-state index contributed by atoms with van der Waals surface area (Å²) in [7, 11) is 2.77. The number of ether oxygens (including phenoxy) is 2. The highest BCUT2D eigenvalue weighted by Gasteiger charge is 2.45. The van der Waals surface area contributed by atoms with Crippen LogP contribution in [0.4, 0.5) is 17.6 Å². The number of halogens is 4. The van der Waals surface area contributed by atoms with Crippen LogP contribution in [-0.2, 0) is 37.5 Å². The number of likely N-dealkylation sites (N-methyl/N-ethyl adjacent to an activating group) is 1. The Bertz CT molecular complexity index is 1770. The van der Waals surface area contributed by atoms with E-state index in [0.29, 0.717) is 27.6 Å². The minimum absolute atomic E-state index is 0.0872. The number of allylic oxidation sites excluding steroid dienone is 1. The van der Waals surface area contributed by atoms with Crippen molar-refractivity contribution in [2.75, 3.05) is 13.6 Å². The van der Waals surface area contributed by atoms with Crippen molar-refractivity contribution < 1.29 is 41.4 Å². The number of fused-ring (bicyclic) bond motifs is 1. The van der Waals surface area contributed by atoms with Crippen LogP contribution in [0, 0.1) is 11.2 Å². The zero-order chi connectivity index (χ0) is 33.6. The van der Waals surface area contributed by atoms with Crippen LogP contribution in [0.3, 0.4) is 0 Å². The van der Waals surface area contributed by atoms with Crippen LogP contribution >= 0.6 is 0 Å². The molecule has 1 aromatic heterocycles. The highest BCUT2D eigenvalue weighted by molar-refractivity contribution is 6.67. The fourth-order valence-electron chi connectivity index (χ4n) is 4.99. The molecule has 3 N–H and O–H groups in total. The third-order valence-corrected chi connectivity index (χ3v) is 7.19. The molecule has 0 spiro atoms. The van der Waals surface area contributed by atoms with Gasteiger partial charge in [0.2, 0.25) is 0 Å². The summed E-state index contributed by atoms with van der Waals surface area (Å²) in [4.78, 5) is 39.3. The predicted molar refractivity (Wildman–Crippen MR) is 161 cm³/mol. The highest BCUT2D eigenvalue weighted by atomic mass is 19.4. The highest BCUT2D eigenvalue weighted by Crippen LogP contribution is 2.37. The molecule has 0 aliphatic carbocycles. The lowest BCUT2D eigenvalue weighted by Gasteiger charge is -2.31. The number of carbonyl (C=O) groups is 3. The van der Waals surface area contributed by atoms with E-state index in [-0.39, 0.29) is 6.61 Å². The molecule has 4 rings (SSSR count). The maximum atomic E-state index is 14.1. The molecule has 0 saturated carbocycles. The lowest BCUT2D eigenvalue weighted by molar-refractivity contribution is -0.206. The molecule has 0 saturated heterocycles. The van der Waals surface area contributed by atoms with Gasteiger partial charge in [-0.25, -0.2) is 9.18 Å². The van der Waals surface area contributed by atoms with Gasteiger partial charge in [-0.05, 0) is 34.9 Å². The molecule has 1 heterocycles. The van der Waals surface area contributed by atoms with Crippen molar-refractivity contribution in [2.24, 2.45) is 12.8 Å². The molecule has 13 heteroatoms. The average Bonchev–Trinajstić information content (AvgIpc) is 3.35. The van der Waals surface area contributed by atoms with Crippen LogP contribution in [0.5, 0.6) is 0 Å². The minimum atomic E-state index is -5.37. The predicted octanol–water partition coefficient (Wildman–Crippen LogP) is 4.99. The third-order valence-electron chi connectivity index (χ3n) is 7.19. The molecule has 2 unspecified atom stereocenters. The van der Waals surface area contributed by atoms with Gasteiger partial charge >= 0.3 is 12.1 Å². The number of alkyl halides is 3. The van der Waals surface area contributed by atoms with E-state index in [4.69, 9.17) is 20.6 Å². The van der Waals surface area contributed by atoms with Crippen molar-refractivity contribution in [3.8, 4) is 0 Å². The lowest BCUT2D eigenvalue weighted by atomic mass is 9.85. The summed E-state index contributed by atoms with van der Waals surface area (Å²) >= 11 is 0. The number of hydrogen-bond acceptors (Lipinski definition) is 7. The summed E-state index contributed by atoms with van der Waals surface area (Å²) in [5.41, 5.74) is 6.37. The van der Waals surface area contributed by atoms with Crippen LogP contribution in [0.1, 0.15) is 22.6 Å². The Morgan fingerprint density at radius 2 is 1.65 bits per heavy atom. The SMILES string of the molecule is CN(CC(OC(=O)C(F)(F)F)C(c1ccccc1)c1cn(C)c2cc(F)ccc12)C(=O)C(=N)C(=O)/C(=C\N)OCc1ccccc1. The number of benzene rings is 3. The Morgan fingerprint density at radius 3 is 2.26 bits per heavy atom. The van der Waals surface area contributed by atoms with E-state index in [1.807, 2.05) is 0 Å². The number of carbonyl (C=O) groups excluding carboxylic acids is 3. The average molecular weight is 639 g/mol. The second kappa shape index (κ2) is 14.1. The third kappa shape index (κ3) is 7.60. The molecule has 3 aromatic carbocycles. The smallest absolute Gasteiger partial charge is 0.483 e. The monoisotopic (exact) mass is 638 g/mol. The topological polar surface area (TPSA) is 128 Å². The Balaban J connectivity index is 1.67. The van der Waals surface area contributed by atoms with Gasteiger partial charge in [0.15, 0.2) is 11.5 Å². The summed E-state index contributed by atoms with van der Waals surface area (Å²) in [6.07, 6.45) is -4.67. The summed E-state index contributed by atoms with van der Waals surface area (Å²) in [5, 5.41) is 8.72. The largest absolute Gasteiger partial charge is 0.490 e. The first kappa shape index (κ1) is 33.4. The van der Waals surface area contributed by atoms with E-state index in [9.17, 15) is 31.9 Å². The van der Waals surface area contributed by atoms with E-state index < -0.39 is 59.7 Å². The van der Waals surface area contributed by atoms with Crippen LogP contribution in [0.15, 0.2) is 97.0 Å². The molecular formula is C33H30F4N4O5. The van der Waals surface area contributed by atoms with Crippen LogP contribution in [0.2, 0.25) is 0 Å². The number of aryl methyl sites for hydroxylation is 1. The van der Waals surface area contributed by atoms with Crippen molar-refractivity contribution in [2.45, 2.75) is 24.8 Å². The number of rotatable bonds is 12. The van der Waals surface area contributed by atoms with Crippen LogP contribution in [0.25, 0.3) is 10.9 Å². The summed E-state index contributed by atoms with van der Waals surface area (Å²) in [5.74, 6) is -6.97. The van der Waals surface area contributed by atoms with Crippen LogP contribution in [-0.4, -0.2) is 58.7 Å². The quantitative estimate of drug-likeness (QED) is 0.0563. The molecule has 1 amide bonds. The van der Waals surface area contributed by atoms with Gasteiger partial charge < -0.3 is 24.7 Å². The number of nitrogens with two attached hydrogens (primary N) is 1. The second-order valence-corrected chi connectivity index (χ2v) is 10.4. The Labute approximate surface area is 261 Å². The van der Waals surface area contributed by atoms with Gasteiger partial charge in [0.1, 0.15) is 18.5 Å². The number of nitrogens with zero attached hydrogens (tertiary/aromatic N) is 2. The van der Waals surface area contributed by atoms with Gasteiger partial charge in [-0.3, -0.25) is 15.0 Å². The molecule has 9 nitrogen and oxygen atoms in total. The van der Waals surface area contributed by atoms with Crippen molar-refractivity contribution >= 4 is 34.3 Å². The van der Waals surface area contributed by atoms with Gasteiger partial charge in [-0.1, -0.05) is 60.7 Å². The maximum Gasteiger partial charge on any atom is 0.490 e. The molecular weight excluding hydrogens is 608 g/mol. The first-order chi connectivity index (χ1) is 21.8. The number of amides is 1. The zero-order valence-corrected chi connectivity index (χ0v) is 24.8. The van der Waals surface area contributed by atoms with E-state index in [2.05, 4.69) is 0 Å². The standard InChI is InChI=1S/C33H30F4N4O5/c1-40-17-24(23-14-13-22(34)15-25(23)40)28(21-11-7-4-8-12-21)27(46-32(44)33(35,36)37)18-41(2)31(43)29(39)30(42)26(16-38)45-19-20-9-5-3-6-10-20/h3-17,27-28,39H,18-19,38H2,1-2H3/b26-16+,39-29?. The van der Waals surface area contributed by atoms with Gasteiger partial charge in [0.25, 0.3) is 11.7 Å². The molecule has 46 heavy (non-hydrogen) atoms. The molecule has 0 aliphatic heterocycles. The summed E-state index contributed by atoms with van der Waals surface area (Å²) in [6.45, 7) is -0.754. The van der Waals surface area contributed by atoms with E-state index in [1.54, 1.807) is 78.5 Å². The second-order valence-electron chi connectivity index (χ2n) is 10.4. The zero-order valence-electron chi connectivity index (χ0n) is 24.8. The molecule has 4 aromatic rings. The number of ketones is 1.